The number of rotatable bonds is 5. The smallest absolute Gasteiger partial charge is 0.0730 e. The average molecular weight is 426 g/mol. The first-order valence-electron chi connectivity index (χ1n) is 10.7. The molecule has 4 aromatic carbocycles. The summed E-state index contributed by atoms with van der Waals surface area (Å²) in [5.74, 6) is 0. The summed E-state index contributed by atoms with van der Waals surface area (Å²) in [6, 6.07) is 31.1. The maximum absolute atomic E-state index is 6.64. The average Bonchev–Trinajstić information content (AvgIpc) is 3.36. The van der Waals surface area contributed by atoms with Gasteiger partial charge in [0.1, 0.15) is 0 Å². The Kier molecular flexibility index (Phi) is 5.59. The fraction of sp³-hybridized carbons (Fsp3) is 0.148. The molecule has 0 radical (unpaired) electrons. The van der Waals surface area contributed by atoms with E-state index in [1.54, 1.807) is 0 Å². The van der Waals surface area contributed by atoms with Crippen LogP contribution in [0.2, 0.25) is 5.02 Å². The van der Waals surface area contributed by atoms with Crippen molar-refractivity contribution in [2.75, 3.05) is 23.0 Å². The van der Waals surface area contributed by atoms with Crippen LogP contribution >= 0.6 is 11.6 Å². The van der Waals surface area contributed by atoms with Gasteiger partial charge in [-0.15, -0.1) is 0 Å². The topological polar surface area (TPSA) is 18.8 Å². The summed E-state index contributed by atoms with van der Waals surface area (Å²) in [4.78, 5) is 2.39. The van der Waals surface area contributed by atoms with Crippen molar-refractivity contribution < 1.29 is 0 Å². The maximum Gasteiger partial charge on any atom is 0.0730 e. The number of fused-ring (bicyclic) bond motifs is 1. The van der Waals surface area contributed by atoms with E-state index in [4.69, 9.17) is 16.7 Å². The van der Waals surface area contributed by atoms with E-state index in [0.717, 1.165) is 40.4 Å². The summed E-state index contributed by atoms with van der Waals surface area (Å²) in [5.41, 5.74) is 4.13. The van der Waals surface area contributed by atoms with E-state index in [1.165, 1.54) is 23.9 Å². The van der Waals surface area contributed by atoms with Gasteiger partial charge in [-0.1, -0.05) is 66.2 Å². The number of nitrogens with zero attached hydrogens (tertiary/aromatic N) is 3. The van der Waals surface area contributed by atoms with Gasteiger partial charge in [-0.05, 0) is 54.6 Å². The lowest BCUT2D eigenvalue weighted by Crippen LogP contribution is -2.17. The zero-order valence-corrected chi connectivity index (χ0v) is 18.0. The lowest BCUT2D eigenvalue weighted by molar-refractivity contribution is 0.949. The molecule has 0 bridgehead atoms. The van der Waals surface area contributed by atoms with Gasteiger partial charge in [0.2, 0.25) is 0 Å². The molecule has 1 aliphatic rings. The summed E-state index contributed by atoms with van der Waals surface area (Å²) in [7, 11) is 0. The van der Waals surface area contributed by atoms with Crippen molar-refractivity contribution in [3.8, 4) is 0 Å². The van der Waals surface area contributed by atoms with Crippen LogP contribution in [0, 0.1) is 0 Å². The zero-order chi connectivity index (χ0) is 21.0. The van der Waals surface area contributed by atoms with Crippen LogP contribution in [0.5, 0.6) is 0 Å². The number of para-hydroxylation sites is 1. The third-order valence-electron chi connectivity index (χ3n) is 5.76. The van der Waals surface area contributed by atoms with Crippen molar-refractivity contribution in [2.45, 2.75) is 12.8 Å². The second-order valence-corrected chi connectivity index (χ2v) is 8.20. The van der Waals surface area contributed by atoms with E-state index in [-0.39, 0.29) is 0 Å². The van der Waals surface area contributed by atoms with Gasteiger partial charge in [0.25, 0.3) is 0 Å². The minimum Gasteiger partial charge on any atom is -0.371 e. The van der Waals surface area contributed by atoms with Crippen molar-refractivity contribution in [3.05, 3.63) is 102 Å². The van der Waals surface area contributed by atoms with Crippen LogP contribution in [0.25, 0.3) is 10.8 Å². The standard InChI is InChI=1S/C27H24ClN3/c28-26-19-24(30-17-6-7-18-30)16-15-22(26)20-29-31(23-11-2-1-3-12-23)27-14-8-10-21-9-4-5-13-25(21)27/h1-5,8-16,19-20H,6-7,17-18H2. The van der Waals surface area contributed by atoms with Crippen molar-refractivity contribution in [3.63, 3.8) is 0 Å². The molecule has 3 nitrogen and oxygen atoms in total. The van der Waals surface area contributed by atoms with E-state index in [9.17, 15) is 0 Å². The monoisotopic (exact) mass is 425 g/mol. The molecule has 0 spiro atoms. The molecule has 1 aliphatic heterocycles. The van der Waals surface area contributed by atoms with Crippen LogP contribution in [0.4, 0.5) is 17.1 Å². The highest BCUT2D eigenvalue weighted by Gasteiger charge is 2.14. The second kappa shape index (κ2) is 8.83. The van der Waals surface area contributed by atoms with Crippen LogP contribution in [-0.2, 0) is 0 Å². The van der Waals surface area contributed by atoms with Crippen molar-refractivity contribution in [2.24, 2.45) is 5.10 Å². The third-order valence-corrected chi connectivity index (χ3v) is 6.09. The largest absolute Gasteiger partial charge is 0.371 e. The first-order chi connectivity index (χ1) is 15.3. The highest BCUT2D eigenvalue weighted by atomic mass is 35.5. The van der Waals surface area contributed by atoms with Crippen molar-refractivity contribution >= 4 is 45.7 Å². The van der Waals surface area contributed by atoms with E-state index < -0.39 is 0 Å². The number of anilines is 3. The lowest BCUT2D eigenvalue weighted by atomic mass is 10.1. The summed E-state index contributed by atoms with van der Waals surface area (Å²) in [6.07, 6.45) is 4.35. The normalized spacial score (nSPS) is 13.9. The van der Waals surface area contributed by atoms with Gasteiger partial charge in [-0.25, -0.2) is 5.01 Å². The van der Waals surface area contributed by atoms with Gasteiger partial charge in [-0.3, -0.25) is 0 Å². The lowest BCUT2D eigenvalue weighted by Gasteiger charge is -2.21. The van der Waals surface area contributed by atoms with Gasteiger partial charge in [-0.2, -0.15) is 5.10 Å². The Bertz CT molecular complexity index is 1210. The maximum atomic E-state index is 6.64. The first-order valence-corrected chi connectivity index (χ1v) is 11.1. The molecule has 4 heteroatoms. The van der Waals surface area contributed by atoms with Crippen LogP contribution in [0.1, 0.15) is 18.4 Å². The van der Waals surface area contributed by atoms with E-state index in [2.05, 4.69) is 77.7 Å². The summed E-state index contributed by atoms with van der Waals surface area (Å²) >= 11 is 6.64. The third kappa shape index (κ3) is 4.14. The molecular weight excluding hydrogens is 402 g/mol. The fourth-order valence-electron chi connectivity index (χ4n) is 4.14. The van der Waals surface area contributed by atoms with Crippen molar-refractivity contribution in [1.82, 2.24) is 0 Å². The Morgan fingerprint density at radius 2 is 1.55 bits per heavy atom. The molecule has 1 heterocycles. The Morgan fingerprint density at radius 3 is 2.35 bits per heavy atom. The molecule has 31 heavy (non-hydrogen) atoms. The van der Waals surface area contributed by atoms with Gasteiger partial charge < -0.3 is 4.90 Å². The van der Waals surface area contributed by atoms with E-state index in [1.807, 2.05) is 29.4 Å². The minimum absolute atomic E-state index is 0.721. The minimum atomic E-state index is 0.721. The summed E-state index contributed by atoms with van der Waals surface area (Å²) in [6.45, 7) is 2.21. The molecule has 154 valence electrons. The molecule has 0 aliphatic carbocycles. The van der Waals surface area contributed by atoms with E-state index in [0.29, 0.717) is 0 Å². The molecule has 0 saturated carbocycles. The van der Waals surface area contributed by atoms with Gasteiger partial charge in [0.05, 0.1) is 22.6 Å². The Balaban J connectivity index is 1.53. The van der Waals surface area contributed by atoms with Crippen LogP contribution in [0.15, 0.2) is 96.1 Å². The number of hydrazone groups is 1. The highest BCUT2D eigenvalue weighted by molar-refractivity contribution is 6.33. The quantitative estimate of drug-likeness (QED) is 0.247. The number of hydrogen-bond donors (Lipinski definition) is 0. The van der Waals surface area contributed by atoms with Crippen molar-refractivity contribution in [1.29, 1.82) is 0 Å². The predicted molar refractivity (Wildman–Crippen MR) is 133 cm³/mol. The van der Waals surface area contributed by atoms with Crippen LogP contribution < -0.4 is 9.91 Å². The molecular formula is C27H24ClN3. The van der Waals surface area contributed by atoms with Gasteiger partial charge in [0.15, 0.2) is 0 Å². The highest BCUT2D eigenvalue weighted by Crippen LogP contribution is 2.33. The number of hydrogen-bond acceptors (Lipinski definition) is 3. The predicted octanol–water partition coefficient (Wildman–Crippen LogP) is 7.27. The first kappa shape index (κ1) is 19.7. The second-order valence-electron chi connectivity index (χ2n) is 7.79. The van der Waals surface area contributed by atoms with Gasteiger partial charge >= 0.3 is 0 Å². The number of benzene rings is 4. The zero-order valence-electron chi connectivity index (χ0n) is 17.3. The summed E-state index contributed by atoms with van der Waals surface area (Å²) in [5, 5.41) is 9.92. The molecule has 4 aromatic rings. The Hall–Kier alpha value is -3.30. The molecule has 0 N–H and O–H groups in total. The SMILES string of the molecule is Clc1cc(N2CCCC2)ccc1C=NN(c1ccccc1)c1cccc2ccccc12. The molecule has 1 saturated heterocycles. The molecule has 1 fully saturated rings. The Labute approximate surface area is 188 Å². The molecule has 0 atom stereocenters. The fourth-order valence-corrected chi connectivity index (χ4v) is 4.37. The van der Waals surface area contributed by atoms with Crippen LogP contribution in [0.3, 0.4) is 0 Å². The van der Waals surface area contributed by atoms with Gasteiger partial charge in [0, 0.05) is 29.7 Å². The molecule has 5 rings (SSSR count). The summed E-state index contributed by atoms with van der Waals surface area (Å²) < 4.78 is 0. The molecule has 0 amide bonds. The van der Waals surface area contributed by atoms with E-state index >= 15 is 0 Å². The Morgan fingerprint density at radius 1 is 0.806 bits per heavy atom. The molecule has 0 unspecified atom stereocenters. The number of halogens is 1. The molecule has 0 aromatic heterocycles. The van der Waals surface area contributed by atoms with Crippen LogP contribution in [-0.4, -0.2) is 19.3 Å².